The highest BCUT2D eigenvalue weighted by molar-refractivity contribution is 5.16. The Hall–Kier alpha value is -0.860. The molecule has 16 heavy (non-hydrogen) atoms. The van der Waals surface area contributed by atoms with Crippen molar-refractivity contribution in [2.75, 3.05) is 20.2 Å². The second-order valence-corrected chi connectivity index (χ2v) is 5.06. The highest BCUT2D eigenvalue weighted by Gasteiger charge is 2.18. The van der Waals surface area contributed by atoms with Crippen LogP contribution in [0, 0.1) is 5.41 Å². The van der Waals surface area contributed by atoms with Crippen LogP contribution in [0.2, 0.25) is 0 Å². The molecule has 0 fully saturated rings. The smallest absolute Gasteiger partial charge is 0.0797 e. The van der Waals surface area contributed by atoms with Crippen LogP contribution in [0.25, 0.3) is 0 Å². The maximum Gasteiger partial charge on any atom is 0.0797 e. The Kier molecular flexibility index (Phi) is 4.97. The van der Waals surface area contributed by atoms with E-state index in [1.807, 2.05) is 25.2 Å². The van der Waals surface area contributed by atoms with Crippen molar-refractivity contribution < 1.29 is 4.74 Å². The average molecular weight is 221 g/mol. The van der Waals surface area contributed by atoms with E-state index in [9.17, 15) is 0 Å². The lowest BCUT2D eigenvalue weighted by atomic mass is 9.95. The largest absolute Gasteiger partial charge is 0.373 e. The third kappa shape index (κ3) is 4.33. The molecule has 0 aromatic heterocycles. The molecule has 90 valence electrons. The Morgan fingerprint density at radius 1 is 1.25 bits per heavy atom. The van der Waals surface area contributed by atoms with Crippen molar-refractivity contribution in [3.8, 4) is 0 Å². The molecule has 1 atom stereocenters. The summed E-state index contributed by atoms with van der Waals surface area (Å²) in [7, 11) is 1.97. The summed E-state index contributed by atoms with van der Waals surface area (Å²) in [4.78, 5) is 0. The predicted octanol–water partition coefficient (Wildman–Crippen LogP) is 3.01. The van der Waals surface area contributed by atoms with Gasteiger partial charge in [0.25, 0.3) is 0 Å². The maximum atomic E-state index is 5.91. The van der Waals surface area contributed by atoms with Crippen molar-refractivity contribution >= 4 is 0 Å². The van der Waals surface area contributed by atoms with Crippen molar-refractivity contribution in [3.05, 3.63) is 35.9 Å². The van der Waals surface area contributed by atoms with E-state index in [0.717, 1.165) is 13.2 Å². The molecule has 0 saturated carbocycles. The van der Waals surface area contributed by atoms with Crippen LogP contribution < -0.4 is 5.32 Å². The Bertz CT molecular complexity index is 295. The molecule has 1 unspecified atom stereocenters. The SMILES string of the molecule is CNCC(C)(C)COC(C)c1ccccc1. The summed E-state index contributed by atoms with van der Waals surface area (Å²) in [5, 5.41) is 3.19. The lowest BCUT2D eigenvalue weighted by molar-refractivity contribution is 0.0119. The summed E-state index contributed by atoms with van der Waals surface area (Å²) in [5.74, 6) is 0. The fourth-order valence-electron chi connectivity index (χ4n) is 1.70. The van der Waals surface area contributed by atoms with Crippen LogP contribution in [0.3, 0.4) is 0 Å². The molecule has 2 heteroatoms. The number of nitrogens with one attached hydrogen (secondary N) is 1. The van der Waals surface area contributed by atoms with Gasteiger partial charge in [0.15, 0.2) is 0 Å². The molecule has 0 radical (unpaired) electrons. The summed E-state index contributed by atoms with van der Waals surface area (Å²) >= 11 is 0. The van der Waals surface area contributed by atoms with Crippen LogP contribution in [0.5, 0.6) is 0 Å². The monoisotopic (exact) mass is 221 g/mol. The van der Waals surface area contributed by atoms with Crippen molar-refractivity contribution in [1.82, 2.24) is 5.32 Å². The van der Waals surface area contributed by atoms with E-state index in [1.54, 1.807) is 0 Å². The quantitative estimate of drug-likeness (QED) is 0.797. The van der Waals surface area contributed by atoms with Gasteiger partial charge in [-0.3, -0.25) is 0 Å². The molecule has 1 aromatic carbocycles. The van der Waals surface area contributed by atoms with E-state index in [-0.39, 0.29) is 11.5 Å². The van der Waals surface area contributed by atoms with E-state index in [0.29, 0.717) is 0 Å². The van der Waals surface area contributed by atoms with Crippen LogP contribution in [0.4, 0.5) is 0 Å². The van der Waals surface area contributed by atoms with Gasteiger partial charge in [-0.25, -0.2) is 0 Å². The highest BCUT2D eigenvalue weighted by atomic mass is 16.5. The summed E-state index contributed by atoms with van der Waals surface area (Å²) in [6.45, 7) is 8.26. The normalized spacial score (nSPS) is 13.8. The number of hydrogen-bond donors (Lipinski definition) is 1. The van der Waals surface area contributed by atoms with Gasteiger partial charge >= 0.3 is 0 Å². The zero-order chi connectivity index (χ0) is 12.0. The van der Waals surface area contributed by atoms with Gasteiger partial charge in [-0.15, -0.1) is 0 Å². The van der Waals surface area contributed by atoms with Crippen LogP contribution in [-0.4, -0.2) is 20.2 Å². The second kappa shape index (κ2) is 6.02. The molecule has 0 bridgehead atoms. The molecule has 1 aromatic rings. The summed E-state index contributed by atoms with van der Waals surface area (Å²) in [5.41, 5.74) is 1.42. The van der Waals surface area contributed by atoms with Gasteiger partial charge in [0.1, 0.15) is 0 Å². The molecule has 0 aliphatic rings. The van der Waals surface area contributed by atoms with Gasteiger partial charge in [-0.1, -0.05) is 44.2 Å². The minimum atomic E-state index is 0.164. The van der Waals surface area contributed by atoms with Crippen molar-refractivity contribution in [3.63, 3.8) is 0 Å². The number of rotatable bonds is 6. The van der Waals surface area contributed by atoms with Gasteiger partial charge in [0.05, 0.1) is 12.7 Å². The van der Waals surface area contributed by atoms with Gasteiger partial charge in [0.2, 0.25) is 0 Å². The van der Waals surface area contributed by atoms with E-state index in [2.05, 4.69) is 38.2 Å². The lowest BCUT2D eigenvalue weighted by Crippen LogP contribution is -2.31. The maximum absolute atomic E-state index is 5.91. The van der Waals surface area contributed by atoms with E-state index >= 15 is 0 Å². The Morgan fingerprint density at radius 2 is 1.88 bits per heavy atom. The molecule has 1 N–H and O–H groups in total. The molecule has 0 heterocycles. The highest BCUT2D eigenvalue weighted by Crippen LogP contribution is 2.21. The summed E-state index contributed by atoms with van der Waals surface area (Å²) in [6, 6.07) is 10.3. The molecule has 0 aliphatic carbocycles. The molecule has 0 amide bonds. The van der Waals surface area contributed by atoms with Gasteiger partial charge in [0, 0.05) is 12.0 Å². The molecular formula is C14H23NO. The molecular weight excluding hydrogens is 198 g/mol. The second-order valence-electron chi connectivity index (χ2n) is 5.06. The minimum Gasteiger partial charge on any atom is -0.373 e. The number of ether oxygens (including phenoxy) is 1. The van der Waals surface area contributed by atoms with E-state index in [4.69, 9.17) is 4.74 Å². The van der Waals surface area contributed by atoms with Gasteiger partial charge < -0.3 is 10.1 Å². The average Bonchev–Trinajstić information content (AvgIpc) is 2.27. The van der Waals surface area contributed by atoms with Gasteiger partial charge in [-0.2, -0.15) is 0 Å². The standard InChI is InChI=1S/C14H23NO/c1-12(13-8-6-5-7-9-13)16-11-14(2,3)10-15-4/h5-9,12,15H,10-11H2,1-4H3. The Morgan fingerprint density at radius 3 is 2.44 bits per heavy atom. The van der Waals surface area contributed by atoms with Crippen LogP contribution in [-0.2, 0) is 4.74 Å². The third-order valence-electron chi connectivity index (χ3n) is 2.65. The first-order valence-corrected chi connectivity index (χ1v) is 5.86. The van der Waals surface area contributed by atoms with Crippen molar-refractivity contribution in [2.45, 2.75) is 26.9 Å². The zero-order valence-corrected chi connectivity index (χ0v) is 10.8. The summed E-state index contributed by atoms with van der Waals surface area (Å²) < 4.78 is 5.91. The molecule has 0 aliphatic heterocycles. The lowest BCUT2D eigenvalue weighted by Gasteiger charge is -2.26. The van der Waals surface area contributed by atoms with Crippen LogP contribution in [0.15, 0.2) is 30.3 Å². The fourth-order valence-corrected chi connectivity index (χ4v) is 1.70. The van der Waals surface area contributed by atoms with Crippen molar-refractivity contribution in [2.24, 2.45) is 5.41 Å². The molecule has 2 nitrogen and oxygen atoms in total. The van der Waals surface area contributed by atoms with Crippen molar-refractivity contribution in [1.29, 1.82) is 0 Å². The predicted molar refractivity (Wildman–Crippen MR) is 68.5 cm³/mol. The minimum absolute atomic E-state index is 0.164. The topological polar surface area (TPSA) is 21.3 Å². The molecule has 1 rings (SSSR count). The molecule has 0 spiro atoms. The number of hydrogen-bond acceptors (Lipinski definition) is 2. The number of benzene rings is 1. The first-order valence-electron chi connectivity index (χ1n) is 5.86. The first-order chi connectivity index (χ1) is 7.55. The summed E-state index contributed by atoms with van der Waals surface area (Å²) in [6.07, 6.45) is 0.164. The van der Waals surface area contributed by atoms with Gasteiger partial charge in [-0.05, 0) is 19.5 Å². The van der Waals surface area contributed by atoms with E-state index in [1.165, 1.54) is 5.56 Å². The van der Waals surface area contributed by atoms with E-state index < -0.39 is 0 Å². The zero-order valence-electron chi connectivity index (χ0n) is 10.8. The Labute approximate surface area is 99.0 Å². The Balaban J connectivity index is 2.44. The molecule has 0 saturated heterocycles. The first kappa shape index (κ1) is 13.2. The van der Waals surface area contributed by atoms with Crippen LogP contribution >= 0.6 is 0 Å². The fraction of sp³-hybridized carbons (Fsp3) is 0.571. The van der Waals surface area contributed by atoms with Crippen LogP contribution in [0.1, 0.15) is 32.4 Å². The third-order valence-corrected chi connectivity index (χ3v) is 2.65.